The molecule has 0 spiro atoms. The summed E-state index contributed by atoms with van der Waals surface area (Å²) >= 11 is -2.13. The summed E-state index contributed by atoms with van der Waals surface area (Å²) in [6, 6.07) is 0. The first-order valence-electron chi connectivity index (χ1n) is 1.92. The smallest absolute Gasteiger partial charge is 0.00235 e. The Bertz CT molecular complexity index is 101. The van der Waals surface area contributed by atoms with Gasteiger partial charge in [0.25, 0.3) is 0 Å². The van der Waals surface area contributed by atoms with E-state index in [-0.39, 0.29) is 0 Å². The quantitative estimate of drug-likeness (QED) is 0.716. The van der Waals surface area contributed by atoms with Crippen molar-refractivity contribution in [2.75, 3.05) is 0 Å². The SMILES string of the molecule is [Cl][Zr]([Cl])[Cl].[c-]1ncc[nH]1. The molecule has 1 rings (SSSR count). The number of aromatic amines is 1. The molecule has 0 saturated carbocycles. The van der Waals surface area contributed by atoms with Crippen molar-refractivity contribution in [1.82, 2.24) is 9.97 Å². The number of hydrogen-bond donors (Lipinski definition) is 1. The summed E-state index contributed by atoms with van der Waals surface area (Å²) in [5.41, 5.74) is 0. The molecule has 2 nitrogen and oxygen atoms in total. The van der Waals surface area contributed by atoms with Gasteiger partial charge in [-0.3, -0.25) is 0 Å². The molecule has 1 heterocycles. The Kier molecular flexibility index (Phi) is 7.83. The van der Waals surface area contributed by atoms with Crippen molar-refractivity contribution in [3.05, 3.63) is 18.7 Å². The predicted octanol–water partition coefficient (Wildman–Crippen LogP) is 2.28. The van der Waals surface area contributed by atoms with Crippen molar-refractivity contribution in [2.24, 2.45) is 0 Å². The van der Waals surface area contributed by atoms with Crippen molar-refractivity contribution < 1.29 is 18.2 Å². The minimum Gasteiger partial charge on any atom is -0.467 e. The number of halogens is 3. The van der Waals surface area contributed by atoms with Crippen LogP contribution in [0.3, 0.4) is 0 Å². The van der Waals surface area contributed by atoms with Gasteiger partial charge in [-0.15, -0.1) is 12.4 Å². The molecule has 0 saturated heterocycles. The van der Waals surface area contributed by atoms with Crippen LogP contribution in [0.2, 0.25) is 0 Å². The fraction of sp³-hybridized carbons (Fsp3) is 0. The molecule has 1 aromatic rings. The van der Waals surface area contributed by atoms with Crippen LogP contribution in [0.1, 0.15) is 0 Å². The Hall–Kier alpha value is 0.963. The third-order valence-electron chi connectivity index (χ3n) is 0.362. The molecule has 0 amide bonds. The first-order valence-corrected chi connectivity index (χ1v) is 11.4. The minimum absolute atomic E-state index is 1.64. The van der Waals surface area contributed by atoms with Crippen molar-refractivity contribution in [1.29, 1.82) is 0 Å². The summed E-state index contributed by atoms with van der Waals surface area (Å²) in [5, 5.41) is 0. The summed E-state index contributed by atoms with van der Waals surface area (Å²) in [4.78, 5) is 6.17. The molecule has 0 fully saturated rings. The monoisotopic (exact) mass is 262 g/mol. The van der Waals surface area contributed by atoms with E-state index in [2.05, 4.69) is 16.3 Å². The fourth-order valence-corrected chi connectivity index (χ4v) is 0.186. The second-order valence-corrected chi connectivity index (χ2v) is 12.1. The maximum atomic E-state index is 5.00. The third kappa shape index (κ3) is 12.2. The number of imidazole rings is 1. The van der Waals surface area contributed by atoms with Gasteiger partial charge in [0.05, 0.1) is 0 Å². The average molecular weight is 265 g/mol. The van der Waals surface area contributed by atoms with Gasteiger partial charge in [-0.2, -0.15) is 0 Å². The van der Waals surface area contributed by atoms with E-state index in [1.807, 2.05) is 0 Å². The molecule has 51 valence electrons. The molecule has 0 aliphatic heterocycles. The van der Waals surface area contributed by atoms with Crippen LogP contribution < -0.4 is 0 Å². The summed E-state index contributed by atoms with van der Waals surface area (Å²) in [6.07, 6.45) is 5.83. The van der Waals surface area contributed by atoms with Crippen molar-refractivity contribution >= 4 is 25.5 Å². The van der Waals surface area contributed by atoms with Gasteiger partial charge in [0, 0.05) is 0 Å². The Balaban J connectivity index is 0.000000148. The third-order valence-corrected chi connectivity index (χ3v) is 0.362. The topological polar surface area (TPSA) is 28.7 Å². The number of rotatable bonds is 0. The Morgan fingerprint density at radius 2 is 2.00 bits per heavy atom. The van der Waals surface area contributed by atoms with E-state index < -0.39 is 18.2 Å². The molecular weight excluding hydrogens is 262 g/mol. The van der Waals surface area contributed by atoms with Gasteiger partial charge in [0.1, 0.15) is 0 Å². The minimum atomic E-state index is -2.13. The van der Waals surface area contributed by atoms with Gasteiger partial charge in [-0.1, -0.05) is 0 Å². The predicted molar refractivity (Wildman–Crippen MR) is 35.0 cm³/mol. The molecule has 1 aromatic heterocycles. The zero-order valence-electron chi connectivity index (χ0n) is 4.24. The zero-order chi connectivity index (χ0) is 7.11. The second kappa shape index (κ2) is 7.07. The molecule has 9 heavy (non-hydrogen) atoms. The van der Waals surface area contributed by atoms with Crippen LogP contribution in [-0.2, 0) is 18.2 Å². The van der Waals surface area contributed by atoms with Crippen LogP contribution in [0.4, 0.5) is 0 Å². The van der Waals surface area contributed by atoms with Crippen LogP contribution in [0.15, 0.2) is 12.4 Å². The van der Waals surface area contributed by atoms with Crippen molar-refractivity contribution in [3.8, 4) is 0 Å². The molecule has 0 aromatic carbocycles. The largest absolute Gasteiger partial charge is 0.467 e. The van der Waals surface area contributed by atoms with Crippen LogP contribution >= 0.6 is 25.5 Å². The summed E-state index contributed by atoms with van der Waals surface area (Å²) in [6.45, 7) is 0. The molecule has 0 aliphatic carbocycles. The maximum Gasteiger partial charge on any atom is -0.00235 e. The fourth-order valence-electron chi connectivity index (χ4n) is 0.186. The van der Waals surface area contributed by atoms with E-state index in [9.17, 15) is 0 Å². The maximum absolute atomic E-state index is 5.00. The van der Waals surface area contributed by atoms with Gasteiger partial charge in [0.15, 0.2) is 0 Å². The first kappa shape index (κ1) is 9.96. The molecule has 0 aliphatic rings. The number of aromatic nitrogens is 2. The van der Waals surface area contributed by atoms with Crippen molar-refractivity contribution in [3.63, 3.8) is 0 Å². The van der Waals surface area contributed by atoms with Gasteiger partial charge in [0.2, 0.25) is 0 Å². The standard InChI is InChI=1S/C3H3N2.3ClH.Zr/c1-2-5-3-4-1;;;;/h1-2H,(H,4,5);3*1H;/q-1;;;;+3/p-3. The van der Waals surface area contributed by atoms with Crippen LogP contribution in [0.25, 0.3) is 0 Å². The van der Waals surface area contributed by atoms with Crippen LogP contribution in [0, 0.1) is 6.33 Å². The Morgan fingerprint density at radius 1 is 1.44 bits per heavy atom. The van der Waals surface area contributed by atoms with E-state index in [0.717, 1.165) is 0 Å². The molecule has 1 N–H and O–H groups in total. The van der Waals surface area contributed by atoms with E-state index in [1.54, 1.807) is 12.4 Å². The normalized spacial score (nSPS) is 7.44. The van der Waals surface area contributed by atoms with Crippen LogP contribution in [0.5, 0.6) is 0 Å². The Morgan fingerprint density at radius 3 is 2.11 bits per heavy atom. The molecule has 0 bridgehead atoms. The number of nitrogens with zero attached hydrogens (tertiary/aromatic N) is 1. The van der Waals surface area contributed by atoms with E-state index >= 15 is 0 Å². The van der Waals surface area contributed by atoms with E-state index in [4.69, 9.17) is 25.5 Å². The van der Waals surface area contributed by atoms with Crippen LogP contribution in [-0.4, -0.2) is 9.97 Å². The summed E-state index contributed by atoms with van der Waals surface area (Å²) < 4.78 is 0. The first-order chi connectivity index (χ1) is 4.23. The van der Waals surface area contributed by atoms with E-state index in [1.165, 1.54) is 0 Å². The van der Waals surface area contributed by atoms with Crippen molar-refractivity contribution in [2.45, 2.75) is 0 Å². The van der Waals surface area contributed by atoms with Gasteiger partial charge in [-0.05, 0) is 6.33 Å². The molecule has 0 unspecified atom stereocenters. The molecular formula is C3H3Cl3N2Zr-. The molecule has 6 heteroatoms. The summed E-state index contributed by atoms with van der Waals surface area (Å²) in [7, 11) is 15.0. The molecule has 0 radical (unpaired) electrons. The zero-order valence-corrected chi connectivity index (χ0v) is 8.96. The molecule has 0 atom stereocenters. The van der Waals surface area contributed by atoms with Gasteiger partial charge >= 0.3 is 43.7 Å². The average Bonchev–Trinajstić information content (AvgIpc) is 2.11. The number of nitrogens with one attached hydrogen (secondary N) is 1. The van der Waals surface area contributed by atoms with E-state index in [0.29, 0.717) is 0 Å². The van der Waals surface area contributed by atoms with Gasteiger partial charge in [-0.25, -0.2) is 0 Å². The van der Waals surface area contributed by atoms with Gasteiger partial charge < -0.3 is 9.97 Å². The number of H-pyrrole nitrogens is 1. The summed E-state index contributed by atoms with van der Waals surface area (Å²) in [5.74, 6) is 0. The Labute approximate surface area is 71.9 Å². The number of hydrogen-bond acceptors (Lipinski definition) is 1. The second-order valence-electron chi connectivity index (χ2n) is 0.915.